The molecule has 3 fully saturated rings. The second kappa shape index (κ2) is 22.3. The fourth-order valence-corrected chi connectivity index (χ4v) is 12.9. The fourth-order valence-electron chi connectivity index (χ4n) is 12.0. The minimum atomic E-state index is 0.241. The Kier molecular flexibility index (Phi) is 15.3. The summed E-state index contributed by atoms with van der Waals surface area (Å²) in [7, 11) is 2.10. The van der Waals surface area contributed by atoms with Crippen molar-refractivity contribution < 1.29 is 0 Å². The molecule has 0 amide bonds. The maximum Gasteiger partial charge on any atom is 0.188 e. The van der Waals surface area contributed by atoms with Gasteiger partial charge in [-0.1, -0.05) is 143 Å². The monoisotopic (exact) mass is 990 g/mol. The van der Waals surface area contributed by atoms with E-state index in [0.29, 0.717) is 6.04 Å². The molecule has 0 spiro atoms. The van der Waals surface area contributed by atoms with Gasteiger partial charge in [0.2, 0.25) is 0 Å². The average Bonchev–Trinajstić information content (AvgIpc) is 3.99. The van der Waals surface area contributed by atoms with Gasteiger partial charge in [0.15, 0.2) is 5.13 Å². The Labute approximate surface area is 438 Å². The number of hydrogen-bond acceptors (Lipinski definition) is 9. The molecule has 1 aliphatic carbocycles. The number of rotatable bonds is 13. The molecule has 2 saturated heterocycles. The third-order valence-electron chi connectivity index (χ3n) is 16.4. The van der Waals surface area contributed by atoms with Gasteiger partial charge >= 0.3 is 0 Å². The average molecular weight is 990 g/mol. The number of aryl methyl sites for hydroxylation is 2. The Morgan fingerprint density at radius 3 is 2.42 bits per heavy atom. The van der Waals surface area contributed by atoms with Crippen LogP contribution in [0, 0.1) is 19.8 Å². The van der Waals surface area contributed by atoms with E-state index in [1.54, 1.807) is 11.3 Å². The molecule has 0 bridgehead atoms. The van der Waals surface area contributed by atoms with Gasteiger partial charge in [0.05, 0.1) is 32.8 Å². The zero-order chi connectivity index (χ0) is 50.6. The number of hydrogen-bond donors (Lipinski definition) is 2. The standard InChI is InChI=1S/C33H30N4S.C30H45N5/c1-5-29-27(25-12-8-10-21(2)22(25)3)16-17-32(35-29)37-19-18-24-11-9-13-26(28(24)20-37)23(4)34-33-36-30-14-6-7-15-31(30)38-33;1-22-16-17-26(24(3)31-22)29-27-14-9-15-28(30(27)33(4)32-29)35-20-18-34(19-21-35)23(2)10-8-13-25-11-6-5-7-12-25/h5-17H,1,4,18-20H2,2-3H3,(H,34,36);9,14-15,23,25-26,31H,1,3,5-8,10-13,16-21H2,2,4H3. The lowest BCUT2D eigenvalue weighted by atomic mass is 9.85. The molecule has 4 aliphatic rings. The Morgan fingerprint density at radius 1 is 0.836 bits per heavy atom. The van der Waals surface area contributed by atoms with Crippen LogP contribution in [0.3, 0.4) is 0 Å². The lowest BCUT2D eigenvalue weighted by molar-refractivity contribution is 0.182. The first-order valence-corrected chi connectivity index (χ1v) is 27.8. The highest BCUT2D eigenvalue weighted by atomic mass is 32.1. The van der Waals surface area contributed by atoms with Crippen LogP contribution in [0.1, 0.15) is 116 Å². The highest BCUT2D eigenvalue weighted by molar-refractivity contribution is 7.22. The van der Waals surface area contributed by atoms with E-state index in [4.69, 9.17) is 15.1 Å². The number of benzene rings is 4. The van der Waals surface area contributed by atoms with Crippen LogP contribution < -0.4 is 20.4 Å². The molecule has 6 heterocycles. The van der Waals surface area contributed by atoms with Gasteiger partial charge < -0.3 is 20.4 Å². The Balaban J connectivity index is 0.000000168. The van der Waals surface area contributed by atoms with Crippen molar-refractivity contribution in [2.24, 2.45) is 13.0 Å². The zero-order valence-corrected chi connectivity index (χ0v) is 44.7. The maximum atomic E-state index is 5.06. The zero-order valence-electron chi connectivity index (χ0n) is 43.9. The van der Waals surface area contributed by atoms with Crippen LogP contribution in [0.15, 0.2) is 129 Å². The molecular weight excluding hydrogens is 915 g/mol. The van der Waals surface area contributed by atoms with Gasteiger partial charge in [-0.05, 0) is 117 Å². The van der Waals surface area contributed by atoms with Crippen molar-refractivity contribution in [1.82, 2.24) is 30.0 Å². The number of allylic oxidation sites excluding steroid dienone is 2. The van der Waals surface area contributed by atoms with Gasteiger partial charge in [-0.2, -0.15) is 5.10 Å². The SMILES string of the molecule is C=C1CCC(c2nn(C)c3c(N4CCN(C(C)CCCC5CCCCC5)CC4)cccc23)C(=C)N1.C=Cc1nc(N2CCc3cccc(C(=C)Nc4nc5ccccc5s4)c3C2)ccc1-c1cccc(C)c1C. The molecule has 73 heavy (non-hydrogen) atoms. The first kappa shape index (κ1) is 50.1. The predicted octanol–water partition coefficient (Wildman–Crippen LogP) is 14.6. The first-order valence-electron chi connectivity index (χ1n) is 27.0. The fraction of sp³-hybridized carbons (Fsp3) is 0.381. The van der Waals surface area contributed by atoms with Crippen molar-refractivity contribution in [1.29, 1.82) is 0 Å². The smallest absolute Gasteiger partial charge is 0.188 e. The molecule has 4 aromatic carbocycles. The van der Waals surface area contributed by atoms with E-state index in [0.717, 1.165) is 125 Å². The maximum absolute atomic E-state index is 5.06. The molecule has 1 saturated carbocycles. The molecule has 378 valence electrons. The number of piperidine rings is 1. The van der Waals surface area contributed by atoms with E-state index < -0.39 is 0 Å². The van der Waals surface area contributed by atoms with Crippen molar-refractivity contribution in [3.63, 3.8) is 0 Å². The number of nitrogens with zero attached hydrogens (tertiary/aromatic N) is 7. The number of pyridine rings is 1. The summed E-state index contributed by atoms with van der Waals surface area (Å²) in [4.78, 5) is 17.5. The van der Waals surface area contributed by atoms with E-state index in [1.165, 1.54) is 95.8 Å². The summed E-state index contributed by atoms with van der Waals surface area (Å²) in [5.41, 5.74) is 17.3. The minimum Gasteiger partial charge on any atom is -0.367 e. The summed E-state index contributed by atoms with van der Waals surface area (Å²) in [6, 6.07) is 32.9. The number of anilines is 3. The number of piperazine rings is 1. The largest absolute Gasteiger partial charge is 0.367 e. The molecule has 0 radical (unpaired) electrons. The van der Waals surface area contributed by atoms with Crippen LogP contribution >= 0.6 is 11.3 Å². The summed E-state index contributed by atoms with van der Waals surface area (Å²) in [5.74, 6) is 2.22. The Hall–Kier alpha value is -6.49. The molecule has 10 heteroatoms. The van der Waals surface area contributed by atoms with Crippen LogP contribution in [0.4, 0.5) is 16.6 Å². The summed E-state index contributed by atoms with van der Waals surface area (Å²) >= 11 is 1.65. The summed E-state index contributed by atoms with van der Waals surface area (Å²) in [5, 5.41) is 14.0. The highest BCUT2D eigenvalue weighted by Crippen LogP contribution is 2.40. The Bertz CT molecular complexity index is 3110. The summed E-state index contributed by atoms with van der Waals surface area (Å²) in [6.07, 6.45) is 16.4. The molecule has 7 aromatic rings. The van der Waals surface area contributed by atoms with Gasteiger partial charge in [-0.25, -0.2) is 9.97 Å². The number of para-hydroxylation sites is 2. The van der Waals surface area contributed by atoms with Gasteiger partial charge in [-0.15, -0.1) is 0 Å². The van der Waals surface area contributed by atoms with Crippen molar-refractivity contribution in [2.75, 3.05) is 47.8 Å². The molecule has 3 aromatic heterocycles. The second-order valence-corrected chi connectivity index (χ2v) is 22.1. The summed E-state index contributed by atoms with van der Waals surface area (Å²) in [6.45, 7) is 29.8. The lowest BCUT2D eigenvalue weighted by Crippen LogP contribution is -2.49. The van der Waals surface area contributed by atoms with E-state index in [2.05, 4.69) is 157 Å². The normalized spacial score (nSPS) is 18.0. The van der Waals surface area contributed by atoms with Gasteiger partial charge in [-0.3, -0.25) is 9.58 Å². The minimum absolute atomic E-state index is 0.241. The quantitative estimate of drug-likeness (QED) is 0.118. The lowest BCUT2D eigenvalue weighted by Gasteiger charge is -2.39. The Morgan fingerprint density at radius 2 is 1.63 bits per heavy atom. The van der Waals surface area contributed by atoms with Crippen LogP contribution in [0.25, 0.3) is 44.0 Å². The van der Waals surface area contributed by atoms with E-state index >= 15 is 0 Å². The number of thiazole rings is 1. The molecular formula is C63H75N9S. The number of aromatic nitrogens is 4. The third kappa shape index (κ3) is 10.9. The molecule has 11 rings (SSSR count). The highest BCUT2D eigenvalue weighted by Gasteiger charge is 2.29. The van der Waals surface area contributed by atoms with Crippen LogP contribution in [0.2, 0.25) is 0 Å². The topological polar surface area (TPSA) is 77.4 Å². The third-order valence-corrected chi connectivity index (χ3v) is 17.4. The van der Waals surface area contributed by atoms with Gasteiger partial charge in [0.1, 0.15) is 5.82 Å². The number of nitrogens with one attached hydrogen (secondary N) is 2. The van der Waals surface area contributed by atoms with Crippen LogP contribution in [-0.2, 0) is 20.0 Å². The second-order valence-electron chi connectivity index (χ2n) is 21.1. The van der Waals surface area contributed by atoms with Crippen molar-refractivity contribution in [3.05, 3.63) is 168 Å². The van der Waals surface area contributed by atoms with Gasteiger partial charge in [0.25, 0.3) is 0 Å². The van der Waals surface area contributed by atoms with E-state index in [9.17, 15) is 0 Å². The number of fused-ring (bicyclic) bond motifs is 3. The molecule has 2 atom stereocenters. The van der Waals surface area contributed by atoms with E-state index in [1.807, 2.05) is 24.3 Å². The van der Waals surface area contributed by atoms with Crippen molar-refractivity contribution in [3.8, 4) is 11.1 Å². The first-order chi connectivity index (χ1) is 35.5. The van der Waals surface area contributed by atoms with Crippen LogP contribution in [-0.4, -0.2) is 63.4 Å². The molecule has 2 N–H and O–H groups in total. The summed E-state index contributed by atoms with van der Waals surface area (Å²) < 4.78 is 3.26. The molecule has 9 nitrogen and oxygen atoms in total. The van der Waals surface area contributed by atoms with Crippen molar-refractivity contribution in [2.45, 2.75) is 110 Å². The van der Waals surface area contributed by atoms with Gasteiger partial charge in [0, 0.05) is 91.9 Å². The molecule has 2 unspecified atom stereocenters. The molecule has 3 aliphatic heterocycles. The van der Waals surface area contributed by atoms with Crippen LogP contribution in [0.5, 0.6) is 0 Å². The van der Waals surface area contributed by atoms with Crippen molar-refractivity contribution >= 4 is 60.9 Å². The van der Waals surface area contributed by atoms with E-state index in [-0.39, 0.29) is 5.92 Å². The predicted molar refractivity (Wildman–Crippen MR) is 310 cm³/mol.